The van der Waals surface area contributed by atoms with E-state index in [1.54, 1.807) is 0 Å². The van der Waals surface area contributed by atoms with Crippen molar-refractivity contribution in [1.29, 1.82) is 0 Å². The summed E-state index contributed by atoms with van der Waals surface area (Å²) in [6.45, 7) is 4.14. The third-order valence-corrected chi connectivity index (χ3v) is 8.59. The Hall–Kier alpha value is -1.33. The molecule has 4 N–H and O–H groups in total. The summed E-state index contributed by atoms with van der Waals surface area (Å²) in [6.07, 6.45) is 6.45. The molecule has 0 unspecified atom stereocenters. The summed E-state index contributed by atoms with van der Waals surface area (Å²) in [5.41, 5.74) is -1.13. The molecule has 0 aromatic heterocycles. The van der Waals surface area contributed by atoms with Crippen molar-refractivity contribution in [2.75, 3.05) is 0 Å². The van der Waals surface area contributed by atoms with Gasteiger partial charge in [-0.1, -0.05) is 19.4 Å². The zero-order valence-corrected chi connectivity index (χ0v) is 15.6. The number of hydrogen-bond acceptors (Lipinski definition) is 5. The largest absolute Gasteiger partial charge is 0.512 e. The highest BCUT2D eigenvalue weighted by Gasteiger charge is 2.67. The second-order valence-corrected chi connectivity index (χ2v) is 9.49. The van der Waals surface area contributed by atoms with E-state index in [1.165, 1.54) is 5.57 Å². The third kappa shape index (κ3) is 2.07. The van der Waals surface area contributed by atoms with E-state index in [0.717, 1.165) is 25.7 Å². The van der Waals surface area contributed by atoms with E-state index in [0.29, 0.717) is 25.5 Å². The van der Waals surface area contributed by atoms with Crippen molar-refractivity contribution in [1.82, 2.24) is 0 Å². The van der Waals surface area contributed by atoms with Crippen molar-refractivity contribution in [3.05, 3.63) is 23.7 Å². The number of carbonyl (C=O) groups is 1. The Labute approximate surface area is 154 Å². The Balaban J connectivity index is 1.75. The van der Waals surface area contributed by atoms with E-state index in [-0.39, 0.29) is 34.7 Å². The van der Waals surface area contributed by atoms with Crippen LogP contribution in [0.3, 0.4) is 0 Å². The Morgan fingerprint density at radius 1 is 1.23 bits per heavy atom. The first kappa shape index (κ1) is 18.1. The second-order valence-electron chi connectivity index (χ2n) is 9.49. The molecule has 3 saturated carbocycles. The standard InChI is InChI=1S/C21H30O5/c1-19-7-5-13(23)9-12(19)3-4-14-15-6-8-21(26,17(25)11-22)20(15,2)10-16(24)18(14)19/h9,11,14-16,18,22,24-26H,3-8,10H2,1-2H3/b17-11+/t14-,15-,16-,18+,19-,20-,21-/m0/s1. The first-order chi connectivity index (χ1) is 12.2. The molecule has 144 valence electrons. The first-order valence-electron chi connectivity index (χ1n) is 9.85. The normalized spacial score (nSPS) is 51.3. The SMILES string of the molecule is C[C@]12CCC(=O)C=C1CC[C@@H]1[C@@H]2[C@@H](O)C[C@@]2(C)[C@H]1CC[C@]2(O)/C(O)=C\O. The monoisotopic (exact) mass is 362 g/mol. The molecule has 5 heteroatoms. The molecule has 4 rings (SSSR count). The molecule has 0 aromatic rings. The zero-order valence-electron chi connectivity index (χ0n) is 15.6. The van der Waals surface area contributed by atoms with Gasteiger partial charge in [-0.25, -0.2) is 0 Å². The highest BCUT2D eigenvalue weighted by atomic mass is 16.3. The van der Waals surface area contributed by atoms with Gasteiger partial charge in [-0.15, -0.1) is 0 Å². The molecule has 0 aromatic carbocycles. The van der Waals surface area contributed by atoms with Gasteiger partial charge in [0.05, 0.1) is 6.10 Å². The summed E-state index contributed by atoms with van der Waals surface area (Å²) in [5.74, 6) is 0.313. The molecule has 0 bridgehead atoms. The lowest BCUT2D eigenvalue weighted by Crippen LogP contribution is -2.60. The van der Waals surface area contributed by atoms with E-state index >= 15 is 0 Å². The van der Waals surface area contributed by atoms with Crippen molar-refractivity contribution < 1.29 is 25.2 Å². The second kappa shape index (κ2) is 5.59. The summed E-state index contributed by atoms with van der Waals surface area (Å²) >= 11 is 0. The van der Waals surface area contributed by atoms with Gasteiger partial charge in [0.1, 0.15) is 11.9 Å². The number of allylic oxidation sites excluding steroid dienone is 1. The van der Waals surface area contributed by atoms with Crippen LogP contribution in [0.15, 0.2) is 23.7 Å². The Morgan fingerprint density at radius 3 is 2.65 bits per heavy atom. The van der Waals surface area contributed by atoms with Crippen molar-refractivity contribution in [2.45, 2.75) is 70.5 Å². The van der Waals surface area contributed by atoms with Crippen LogP contribution in [0.2, 0.25) is 0 Å². The van der Waals surface area contributed by atoms with Gasteiger partial charge in [-0.05, 0) is 67.8 Å². The summed E-state index contributed by atoms with van der Waals surface area (Å²) in [4.78, 5) is 11.9. The van der Waals surface area contributed by atoms with Crippen LogP contribution in [0.5, 0.6) is 0 Å². The van der Waals surface area contributed by atoms with Crippen LogP contribution in [0.1, 0.15) is 58.8 Å². The average molecular weight is 362 g/mol. The van der Waals surface area contributed by atoms with Crippen LogP contribution in [0, 0.1) is 28.6 Å². The summed E-state index contributed by atoms with van der Waals surface area (Å²) in [5, 5.41) is 41.9. The van der Waals surface area contributed by atoms with E-state index < -0.39 is 17.1 Å². The van der Waals surface area contributed by atoms with E-state index in [2.05, 4.69) is 6.92 Å². The molecule has 0 amide bonds. The van der Waals surface area contributed by atoms with E-state index in [9.17, 15) is 25.2 Å². The number of carbonyl (C=O) groups excluding carboxylic acids is 1. The van der Waals surface area contributed by atoms with Gasteiger partial charge in [0, 0.05) is 11.8 Å². The van der Waals surface area contributed by atoms with Crippen molar-refractivity contribution in [3.63, 3.8) is 0 Å². The predicted molar refractivity (Wildman–Crippen MR) is 96.4 cm³/mol. The predicted octanol–water partition coefficient (Wildman–Crippen LogP) is 3.18. The maximum absolute atomic E-state index is 11.9. The number of ketones is 1. The van der Waals surface area contributed by atoms with Crippen molar-refractivity contribution in [3.8, 4) is 0 Å². The smallest absolute Gasteiger partial charge is 0.159 e. The van der Waals surface area contributed by atoms with Crippen LogP contribution in [0.4, 0.5) is 0 Å². The highest BCUT2D eigenvalue weighted by Crippen LogP contribution is 2.68. The molecule has 4 aliphatic rings. The fourth-order valence-corrected chi connectivity index (χ4v) is 7.22. The summed E-state index contributed by atoms with van der Waals surface area (Å²) < 4.78 is 0. The van der Waals surface area contributed by atoms with Gasteiger partial charge in [-0.3, -0.25) is 4.79 Å². The minimum atomic E-state index is -1.49. The fourth-order valence-electron chi connectivity index (χ4n) is 7.22. The lowest BCUT2D eigenvalue weighted by Gasteiger charge is -2.60. The van der Waals surface area contributed by atoms with E-state index in [4.69, 9.17) is 0 Å². The molecule has 3 fully saturated rings. The van der Waals surface area contributed by atoms with Crippen LogP contribution in [-0.2, 0) is 4.79 Å². The minimum Gasteiger partial charge on any atom is -0.512 e. The number of rotatable bonds is 1. The average Bonchev–Trinajstić information content (AvgIpc) is 2.86. The summed E-state index contributed by atoms with van der Waals surface area (Å²) in [6, 6.07) is 0. The molecule has 7 atom stereocenters. The number of aliphatic hydroxyl groups is 4. The Kier molecular flexibility index (Phi) is 3.88. The molecule has 0 spiro atoms. The summed E-state index contributed by atoms with van der Waals surface area (Å²) in [7, 11) is 0. The van der Waals surface area contributed by atoms with Gasteiger partial charge >= 0.3 is 0 Å². The third-order valence-electron chi connectivity index (χ3n) is 8.59. The van der Waals surface area contributed by atoms with Gasteiger partial charge in [0.15, 0.2) is 11.5 Å². The number of aliphatic hydroxyl groups excluding tert-OH is 3. The molecule has 0 saturated heterocycles. The van der Waals surface area contributed by atoms with Gasteiger partial charge in [0.25, 0.3) is 0 Å². The first-order valence-corrected chi connectivity index (χ1v) is 9.85. The Morgan fingerprint density at radius 2 is 1.96 bits per heavy atom. The van der Waals surface area contributed by atoms with Crippen LogP contribution >= 0.6 is 0 Å². The van der Waals surface area contributed by atoms with Crippen molar-refractivity contribution >= 4 is 5.78 Å². The molecule has 0 radical (unpaired) electrons. The zero-order chi connectivity index (χ0) is 18.9. The molecule has 4 aliphatic carbocycles. The van der Waals surface area contributed by atoms with Gasteiger partial charge in [0.2, 0.25) is 0 Å². The lowest BCUT2D eigenvalue weighted by molar-refractivity contribution is -0.168. The molecule has 0 aliphatic heterocycles. The fraction of sp³-hybridized carbons (Fsp3) is 0.762. The Bertz CT molecular complexity index is 697. The van der Waals surface area contributed by atoms with Crippen LogP contribution in [0.25, 0.3) is 0 Å². The molecular weight excluding hydrogens is 332 g/mol. The quantitative estimate of drug-likeness (QED) is 0.537. The van der Waals surface area contributed by atoms with Crippen LogP contribution < -0.4 is 0 Å². The molecule has 5 nitrogen and oxygen atoms in total. The maximum atomic E-state index is 11.9. The molecule has 0 heterocycles. The topological polar surface area (TPSA) is 98.0 Å². The van der Waals surface area contributed by atoms with Gasteiger partial charge in [-0.2, -0.15) is 0 Å². The van der Waals surface area contributed by atoms with E-state index in [1.807, 2.05) is 13.0 Å². The molecular formula is C21H30O5. The van der Waals surface area contributed by atoms with Gasteiger partial charge < -0.3 is 20.4 Å². The lowest BCUT2D eigenvalue weighted by atomic mass is 9.45. The number of hydrogen-bond donors (Lipinski definition) is 4. The highest BCUT2D eigenvalue weighted by molar-refractivity contribution is 5.91. The maximum Gasteiger partial charge on any atom is 0.159 e. The minimum absolute atomic E-state index is 0.0799. The van der Waals surface area contributed by atoms with Crippen LogP contribution in [-0.4, -0.2) is 37.9 Å². The molecule has 26 heavy (non-hydrogen) atoms. The number of fused-ring (bicyclic) bond motifs is 5. The van der Waals surface area contributed by atoms with Crippen molar-refractivity contribution in [2.24, 2.45) is 28.6 Å².